The molecule has 11 heteroatoms. The molecule has 22 N–H and O–H groups in total. The highest BCUT2D eigenvalue weighted by Gasteiger charge is 0.726. The van der Waals surface area contributed by atoms with Crippen LogP contribution in [0.15, 0.2) is 0 Å². The van der Waals surface area contributed by atoms with Gasteiger partial charge < -0.3 is 49.3 Å². The second kappa shape index (κ2) is 3620. The summed E-state index contributed by atoms with van der Waals surface area (Å²) in [5.41, 5.74) is 0. The number of nitrogens with two attached hydrogens (primary N) is 2. The Labute approximate surface area is 62.4 Å². The molecule has 0 fully saturated rings. The molecule has 0 saturated heterocycles. The zero-order valence-corrected chi connectivity index (χ0v) is 5.65. The summed E-state index contributed by atoms with van der Waals surface area (Å²) in [6, 6.07) is 0. The van der Waals surface area contributed by atoms with Crippen LogP contribution in [0.4, 0.5) is 0 Å². The van der Waals surface area contributed by atoms with Gasteiger partial charge >= 0.3 is 0 Å². The zero-order chi connectivity index (χ0) is 2.00. The number of rotatable bonds is 0. The lowest BCUT2D eigenvalue weighted by Crippen LogP contribution is -2.02. The van der Waals surface area contributed by atoms with Crippen molar-refractivity contribution >= 4 is 0 Å². The summed E-state index contributed by atoms with van der Waals surface area (Å²) in [5, 5.41) is 0. The highest BCUT2D eigenvalue weighted by molar-refractivity contribution is 3.26. The molecule has 0 aliphatic carbocycles. The molecule has 0 spiro atoms. The Morgan fingerprint density at radius 2 is 0.273 bits per heavy atom. The van der Waals surface area contributed by atoms with Crippen LogP contribution in [0.5, 0.6) is 0 Å². The van der Waals surface area contributed by atoms with Crippen molar-refractivity contribution in [3.8, 4) is 0 Å². The van der Waals surface area contributed by atoms with Crippen LogP contribution >= 0.6 is 0 Å². The lowest BCUT2D eigenvalue weighted by Gasteiger charge is -1.27. The normalized spacial score (nSPS) is 0.545. The lowest BCUT2D eigenvalue weighted by molar-refractivity contribution is 0.823. The quantitative estimate of drug-likeness (QED) is 0.279. The van der Waals surface area contributed by atoms with Gasteiger partial charge in [0.1, 0.15) is 0 Å². The van der Waals surface area contributed by atoms with Crippen LogP contribution in [0.2, 0.25) is 0 Å². The molecule has 11 heavy (non-hydrogen) atoms. The molecule has 0 unspecified atom stereocenters. The van der Waals surface area contributed by atoms with Gasteiger partial charge in [0.05, 0.1) is 0 Å². The zero-order valence-electron chi connectivity index (χ0n) is 5.65. The van der Waals surface area contributed by atoms with E-state index in [1.807, 2.05) is 0 Å². The largest absolute Gasteiger partial charge is 0.412 e. The Bertz CT molecular complexity index is 7.52. The molecule has 0 saturated carbocycles. The Balaban J connectivity index is -0.000000000139. The van der Waals surface area contributed by atoms with Crippen LogP contribution in [0, 0.1) is 0 Å². The van der Waals surface area contributed by atoms with E-state index in [2.05, 4.69) is 11.7 Å². The minimum atomic E-state index is 0. The summed E-state index contributed by atoms with van der Waals surface area (Å²) >= 11 is 0. The monoisotopic (exact) mass is 194 g/mol. The van der Waals surface area contributed by atoms with Gasteiger partial charge in [-0.3, -0.25) is 11.7 Å². The van der Waals surface area contributed by atoms with Gasteiger partial charge in [-0.1, -0.05) is 0 Å². The minimum absolute atomic E-state index is 0. The summed E-state index contributed by atoms with van der Waals surface area (Å²) in [5.74, 6) is 8.00. The third-order valence-corrected chi connectivity index (χ3v) is 0. The van der Waals surface area contributed by atoms with Gasteiger partial charge in [0, 0.05) is 0 Å². The first-order valence-electron chi connectivity index (χ1n) is 0.333. The maximum atomic E-state index is 4.00. The fraction of sp³-hybridized carbons (Fsp3) is 0. The first-order chi connectivity index (χ1) is 1.00. The van der Waals surface area contributed by atoms with Gasteiger partial charge in [-0.15, -0.1) is 0 Å². The summed E-state index contributed by atoms with van der Waals surface area (Å²) in [4.78, 5) is 0. The fourth-order valence-corrected chi connectivity index (χ4v) is 0. The van der Waals surface area contributed by atoms with Gasteiger partial charge in [-0.2, -0.15) is 0 Å². The molecule has 0 radical (unpaired) electrons. The van der Waals surface area contributed by atoms with E-state index < -0.39 is 0 Å². The van der Waals surface area contributed by atoms with Crippen molar-refractivity contribution < 1.29 is 49.3 Å². The smallest absolute Gasteiger partial charge is 0.274 e. The fourth-order valence-electron chi connectivity index (χ4n) is 0. The van der Waals surface area contributed by atoms with E-state index in [1.54, 1.807) is 0 Å². The predicted molar refractivity (Wildman–Crippen MR) is 40.9 cm³/mol. The molecule has 86 valence electrons. The first kappa shape index (κ1) is 3080. The van der Waals surface area contributed by atoms with Gasteiger partial charge in [0.25, 0.3) is 0 Å². The summed E-state index contributed by atoms with van der Waals surface area (Å²) in [7, 11) is 0. The van der Waals surface area contributed by atoms with Crippen LogP contribution in [0.3, 0.4) is 0 Å². The summed E-state index contributed by atoms with van der Waals surface area (Å²) < 4.78 is 0. The number of hydrogen-bond acceptors (Lipinski definition) is 2. The average molecular weight is 194 g/mol. The molecule has 0 aromatic rings. The van der Waals surface area contributed by atoms with Crippen LogP contribution in [0.25, 0.3) is 0 Å². The second-order valence-electron chi connectivity index (χ2n) is 0. The molecule has 0 aromatic carbocycles. The average Bonchev–Trinajstić information content (AvgIpc) is 1.00. The molecule has 0 bridgehead atoms. The maximum Gasteiger partial charge on any atom is -0.274 e. The molecule has 11 nitrogen and oxygen atoms in total. The molecule has 0 aliphatic heterocycles. The molecule has 0 rings (SSSR count). The molecular weight excluding hydrogens is 172 g/mol. The van der Waals surface area contributed by atoms with E-state index in [1.165, 1.54) is 0 Å². The standard InChI is InChI=1S/H4N2.9H2O/c1-2;;;;;;;;;/h1-2H2;9*1H2. The maximum absolute atomic E-state index is 4.00. The van der Waals surface area contributed by atoms with Crippen molar-refractivity contribution in [2.45, 2.75) is 0 Å². The van der Waals surface area contributed by atoms with E-state index in [4.69, 9.17) is 0 Å². The van der Waals surface area contributed by atoms with Gasteiger partial charge in [-0.25, -0.2) is 0 Å². The van der Waals surface area contributed by atoms with E-state index in [9.17, 15) is 0 Å². The molecule has 0 aromatic heterocycles. The van der Waals surface area contributed by atoms with Crippen molar-refractivity contribution in [2.24, 2.45) is 11.7 Å². The van der Waals surface area contributed by atoms with Crippen molar-refractivity contribution in [3.63, 3.8) is 0 Å². The molecule has 0 aliphatic rings. The molecule has 0 amide bonds. The van der Waals surface area contributed by atoms with Gasteiger partial charge in [-0.05, 0) is 0 Å². The Morgan fingerprint density at radius 3 is 0.273 bits per heavy atom. The topological polar surface area (TPSA) is 336 Å². The van der Waals surface area contributed by atoms with Crippen molar-refractivity contribution in [1.82, 2.24) is 0 Å². The number of hydrogen-bond donors (Lipinski definition) is 2. The highest BCUT2D eigenvalue weighted by atomic mass is 16.0. The molecule has 0 atom stereocenters. The molecular formula is H22N2O9. The Morgan fingerprint density at radius 1 is 0.273 bits per heavy atom. The van der Waals surface area contributed by atoms with E-state index >= 15 is 0 Å². The highest BCUT2D eigenvalue weighted by Crippen LogP contribution is -0.0189. The van der Waals surface area contributed by atoms with E-state index in [0.29, 0.717) is 0 Å². The van der Waals surface area contributed by atoms with Crippen LogP contribution in [-0.2, 0) is 0 Å². The van der Waals surface area contributed by atoms with Gasteiger partial charge in [0.15, 0.2) is 0 Å². The van der Waals surface area contributed by atoms with Crippen LogP contribution in [0.1, 0.15) is 0 Å². The minimum Gasteiger partial charge on any atom is -0.412 e. The summed E-state index contributed by atoms with van der Waals surface area (Å²) in [6.07, 6.45) is 0. The van der Waals surface area contributed by atoms with Gasteiger partial charge in [0.2, 0.25) is 0 Å². The van der Waals surface area contributed by atoms with E-state index in [0.717, 1.165) is 0 Å². The van der Waals surface area contributed by atoms with Crippen molar-refractivity contribution in [1.29, 1.82) is 0 Å². The number of hydrazine groups is 1. The predicted octanol–water partition coefficient (Wildman–Crippen LogP) is -8.60. The third kappa shape index (κ3) is 2820. The van der Waals surface area contributed by atoms with Crippen LogP contribution < -0.4 is 11.7 Å². The van der Waals surface area contributed by atoms with Crippen molar-refractivity contribution in [2.75, 3.05) is 0 Å². The summed E-state index contributed by atoms with van der Waals surface area (Å²) in [6.45, 7) is 0. The van der Waals surface area contributed by atoms with E-state index in [-0.39, 0.29) is 49.3 Å². The van der Waals surface area contributed by atoms with Crippen molar-refractivity contribution in [3.05, 3.63) is 0 Å². The SMILES string of the molecule is NN.O.O.O.O.O.O.O.O.O. The van der Waals surface area contributed by atoms with Crippen LogP contribution in [-0.4, -0.2) is 49.3 Å². The lowest BCUT2D eigenvalue weighted by atomic mass is 13.0. The second-order valence-corrected chi connectivity index (χ2v) is 0. The Hall–Kier alpha value is -0.440. The first-order valence-corrected chi connectivity index (χ1v) is 0.333. The Kier molecular flexibility index (Phi) is 1010000. The third-order valence-electron chi connectivity index (χ3n) is 0. The molecule has 0 heterocycles.